The number of nitrogens with one attached hydrogen (secondary N) is 1. The minimum Gasteiger partial charge on any atom is -0.463 e. The van der Waals surface area contributed by atoms with Crippen molar-refractivity contribution >= 4 is 5.97 Å². The van der Waals surface area contributed by atoms with Crippen LogP contribution >= 0.6 is 0 Å². The second-order valence-electron chi connectivity index (χ2n) is 2.74. The van der Waals surface area contributed by atoms with Crippen LogP contribution in [0, 0.1) is 0 Å². The van der Waals surface area contributed by atoms with Gasteiger partial charge in [0, 0.05) is 17.8 Å². The molecule has 15 heavy (non-hydrogen) atoms. The van der Waals surface area contributed by atoms with E-state index in [0.29, 0.717) is 18.7 Å². The van der Waals surface area contributed by atoms with Gasteiger partial charge in [-0.15, -0.1) is 0 Å². The molecule has 0 atom stereocenters. The summed E-state index contributed by atoms with van der Waals surface area (Å²) in [4.78, 5) is 11.2. The smallest absolute Gasteiger partial charge is 0.335 e. The zero-order chi connectivity index (χ0) is 11.7. The zero-order valence-corrected chi connectivity index (χ0v) is 9.08. The van der Waals surface area contributed by atoms with Crippen LogP contribution < -0.4 is 5.32 Å². The van der Waals surface area contributed by atoms with Gasteiger partial charge in [-0.25, -0.2) is 4.79 Å². The topological polar surface area (TPSA) is 38.3 Å². The Labute approximate surface area is 90.8 Å². The monoisotopic (exact) mass is 207 g/mol. The molecule has 0 aromatic carbocycles. The first-order chi connectivity index (χ1) is 7.15. The highest BCUT2D eigenvalue weighted by molar-refractivity contribution is 5.88. The molecule has 3 nitrogen and oxygen atoms in total. The standard InChI is InChI=1S/C12H17NO2/c1-5-8-11(6-2)13-9-10(4)12(14)15-7-3/h5-6,8,13H,1-2,4,7,9H2,3H3/b11-8+. The Morgan fingerprint density at radius 2 is 2.13 bits per heavy atom. The molecule has 0 bridgehead atoms. The van der Waals surface area contributed by atoms with Gasteiger partial charge in [-0.1, -0.05) is 25.8 Å². The van der Waals surface area contributed by atoms with Crippen molar-refractivity contribution in [3.05, 3.63) is 49.2 Å². The van der Waals surface area contributed by atoms with E-state index in [1.54, 1.807) is 25.2 Å². The van der Waals surface area contributed by atoms with Crippen molar-refractivity contribution in [2.24, 2.45) is 0 Å². The number of allylic oxidation sites excluding steroid dienone is 3. The maximum atomic E-state index is 11.2. The summed E-state index contributed by atoms with van der Waals surface area (Å²) in [5.74, 6) is -0.382. The lowest BCUT2D eigenvalue weighted by Crippen LogP contribution is -2.20. The molecule has 1 N–H and O–H groups in total. The number of carbonyl (C=O) groups excluding carboxylic acids is 1. The average molecular weight is 207 g/mol. The molecule has 0 rings (SSSR count). The fourth-order valence-corrected chi connectivity index (χ4v) is 0.840. The summed E-state index contributed by atoms with van der Waals surface area (Å²) in [5.41, 5.74) is 1.17. The highest BCUT2D eigenvalue weighted by Crippen LogP contribution is 1.96. The molecule has 0 aliphatic heterocycles. The summed E-state index contributed by atoms with van der Waals surface area (Å²) in [5, 5.41) is 2.98. The van der Waals surface area contributed by atoms with E-state index in [0.717, 1.165) is 5.70 Å². The molecule has 0 aromatic heterocycles. The van der Waals surface area contributed by atoms with Gasteiger partial charge in [0.1, 0.15) is 0 Å². The van der Waals surface area contributed by atoms with Crippen molar-refractivity contribution < 1.29 is 9.53 Å². The third kappa shape index (κ3) is 5.52. The predicted molar refractivity (Wildman–Crippen MR) is 62.3 cm³/mol. The van der Waals surface area contributed by atoms with Gasteiger partial charge in [-0.2, -0.15) is 0 Å². The summed E-state index contributed by atoms with van der Waals surface area (Å²) in [6.45, 7) is 13.2. The van der Waals surface area contributed by atoms with Crippen molar-refractivity contribution in [2.45, 2.75) is 6.92 Å². The van der Waals surface area contributed by atoms with Crippen LogP contribution in [0.15, 0.2) is 49.2 Å². The lowest BCUT2D eigenvalue weighted by atomic mass is 10.3. The highest BCUT2D eigenvalue weighted by Gasteiger charge is 2.06. The molecule has 3 heteroatoms. The number of ether oxygens (including phenoxy) is 1. The van der Waals surface area contributed by atoms with Crippen LogP contribution in [-0.4, -0.2) is 19.1 Å². The molecule has 0 fully saturated rings. The Hall–Kier alpha value is -1.77. The minimum absolute atomic E-state index is 0.338. The fraction of sp³-hybridized carbons (Fsp3) is 0.250. The maximum absolute atomic E-state index is 11.2. The van der Waals surface area contributed by atoms with E-state index in [2.05, 4.69) is 25.1 Å². The summed E-state index contributed by atoms with van der Waals surface area (Å²) < 4.78 is 4.79. The lowest BCUT2D eigenvalue weighted by molar-refractivity contribution is -0.138. The molecule has 82 valence electrons. The minimum atomic E-state index is -0.382. The van der Waals surface area contributed by atoms with Gasteiger partial charge in [-0.05, 0) is 19.1 Å². The van der Waals surface area contributed by atoms with Gasteiger partial charge in [0.2, 0.25) is 0 Å². The van der Waals surface area contributed by atoms with E-state index in [1.807, 2.05) is 0 Å². The molecule has 0 aromatic rings. The van der Waals surface area contributed by atoms with Gasteiger partial charge >= 0.3 is 5.97 Å². The summed E-state index contributed by atoms with van der Waals surface area (Å²) in [6, 6.07) is 0. The second-order valence-corrected chi connectivity index (χ2v) is 2.74. The summed E-state index contributed by atoms with van der Waals surface area (Å²) in [7, 11) is 0. The molecule has 0 spiro atoms. The van der Waals surface area contributed by atoms with Crippen molar-refractivity contribution in [3.63, 3.8) is 0 Å². The molecule has 0 unspecified atom stereocenters. The van der Waals surface area contributed by atoms with Crippen LogP contribution in [-0.2, 0) is 9.53 Å². The van der Waals surface area contributed by atoms with Crippen LogP contribution in [0.3, 0.4) is 0 Å². The van der Waals surface area contributed by atoms with E-state index in [9.17, 15) is 4.79 Å². The Morgan fingerprint density at radius 3 is 2.60 bits per heavy atom. The van der Waals surface area contributed by atoms with Gasteiger partial charge in [0.25, 0.3) is 0 Å². The first kappa shape index (κ1) is 13.2. The molecule has 0 heterocycles. The Morgan fingerprint density at radius 1 is 1.47 bits per heavy atom. The van der Waals surface area contributed by atoms with E-state index < -0.39 is 0 Å². The van der Waals surface area contributed by atoms with E-state index in [1.165, 1.54) is 0 Å². The number of hydrogen-bond donors (Lipinski definition) is 1. The Balaban J connectivity index is 4.09. The molecule has 0 saturated heterocycles. The van der Waals surface area contributed by atoms with E-state index in [4.69, 9.17) is 4.74 Å². The van der Waals surface area contributed by atoms with Crippen LogP contribution in [0.5, 0.6) is 0 Å². The SMILES string of the molecule is C=C/C=C(\C=C)NCC(=C)C(=O)OCC. The zero-order valence-electron chi connectivity index (χ0n) is 9.08. The number of rotatable bonds is 7. The van der Waals surface area contributed by atoms with Gasteiger partial charge in [-0.3, -0.25) is 0 Å². The molecular weight excluding hydrogens is 190 g/mol. The van der Waals surface area contributed by atoms with Crippen LogP contribution in [0.1, 0.15) is 6.92 Å². The number of hydrogen-bond acceptors (Lipinski definition) is 3. The van der Waals surface area contributed by atoms with Gasteiger partial charge < -0.3 is 10.1 Å². The lowest BCUT2D eigenvalue weighted by Gasteiger charge is -2.08. The third-order valence-electron chi connectivity index (χ3n) is 1.59. The number of carbonyl (C=O) groups is 1. The van der Waals surface area contributed by atoms with E-state index >= 15 is 0 Å². The van der Waals surface area contributed by atoms with Crippen molar-refractivity contribution in [2.75, 3.05) is 13.2 Å². The van der Waals surface area contributed by atoms with E-state index in [-0.39, 0.29) is 5.97 Å². The summed E-state index contributed by atoms with van der Waals surface area (Å²) >= 11 is 0. The summed E-state index contributed by atoms with van der Waals surface area (Å²) in [6.07, 6.45) is 5.03. The van der Waals surface area contributed by atoms with Gasteiger partial charge in [0.15, 0.2) is 0 Å². The molecule has 0 aliphatic rings. The van der Waals surface area contributed by atoms with Crippen LogP contribution in [0.25, 0.3) is 0 Å². The quantitative estimate of drug-likeness (QED) is 0.394. The van der Waals surface area contributed by atoms with Crippen molar-refractivity contribution in [1.29, 1.82) is 0 Å². The van der Waals surface area contributed by atoms with Crippen LogP contribution in [0.4, 0.5) is 0 Å². The number of esters is 1. The molecular formula is C12H17NO2. The maximum Gasteiger partial charge on any atom is 0.335 e. The van der Waals surface area contributed by atoms with Gasteiger partial charge in [0.05, 0.1) is 6.61 Å². The Kier molecular flexibility index (Phi) is 6.72. The fourth-order valence-electron chi connectivity index (χ4n) is 0.840. The largest absolute Gasteiger partial charge is 0.463 e. The predicted octanol–water partition coefficient (Wildman–Crippen LogP) is 1.95. The normalized spacial score (nSPS) is 10.3. The first-order valence-electron chi connectivity index (χ1n) is 4.69. The Bertz CT molecular complexity index is 290. The third-order valence-corrected chi connectivity index (χ3v) is 1.59. The van der Waals surface area contributed by atoms with Crippen LogP contribution in [0.2, 0.25) is 0 Å². The highest BCUT2D eigenvalue weighted by atomic mass is 16.5. The molecule has 0 aliphatic carbocycles. The average Bonchev–Trinajstić information content (AvgIpc) is 2.24. The first-order valence-corrected chi connectivity index (χ1v) is 4.69. The molecule has 0 amide bonds. The van der Waals surface area contributed by atoms with Crippen molar-refractivity contribution in [3.8, 4) is 0 Å². The second kappa shape index (κ2) is 7.62. The molecule has 0 radical (unpaired) electrons. The molecule has 0 saturated carbocycles. The van der Waals surface area contributed by atoms with Crippen molar-refractivity contribution in [1.82, 2.24) is 5.32 Å².